The molecule has 0 aliphatic carbocycles. The summed E-state index contributed by atoms with van der Waals surface area (Å²) in [5.74, 6) is 0.0601. The van der Waals surface area contributed by atoms with Gasteiger partial charge in [0.25, 0.3) is 11.8 Å². The summed E-state index contributed by atoms with van der Waals surface area (Å²) in [7, 11) is 1.57. The zero-order valence-electron chi connectivity index (χ0n) is 18.0. The summed E-state index contributed by atoms with van der Waals surface area (Å²) in [5, 5.41) is 8.23. The van der Waals surface area contributed by atoms with E-state index in [1.165, 1.54) is 30.6 Å². The minimum Gasteiger partial charge on any atom is -0.497 e. The second-order valence-electron chi connectivity index (χ2n) is 7.66. The van der Waals surface area contributed by atoms with Crippen molar-refractivity contribution >= 4 is 34.0 Å². The van der Waals surface area contributed by atoms with Gasteiger partial charge in [0.2, 0.25) is 0 Å². The highest BCUT2D eigenvalue weighted by molar-refractivity contribution is 7.14. The summed E-state index contributed by atoms with van der Waals surface area (Å²) in [4.78, 5) is 32.5. The smallest absolute Gasteiger partial charge is 0.259 e. The number of carbonyl (C=O) groups is 2. The Morgan fingerprint density at radius 2 is 1.75 bits per heavy atom. The van der Waals surface area contributed by atoms with E-state index in [4.69, 9.17) is 4.74 Å². The minimum absolute atomic E-state index is 0.300. The Kier molecular flexibility index (Phi) is 7.14. The Balaban J connectivity index is 1.41. The van der Waals surface area contributed by atoms with E-state index in [2.05, 4.69) is 20.5 Å². The van der Waals surface area contributed by atoms with Crippen molar-refractivity contribution in [1.82, 2.24) is 9.88 Å². The van der Waals surface area contributed by atoms with Crippen molar-refractivity contribution in [3.05, 3.63) is 70.7 Å². The average Bonchev–Trinajstić information content (AvgIpc) is 3.26. The normalized spacial score (nSPS) is 14.0. The number of nitrogens with zero attached hydrogens (tertiary/aromatic N) is 2. The Labute approximate surface area is 191 Å². The maximum Gasteiger partial charge on any atom is 0.259 e. The number of amides is 2. The van der Waals surface area contributed by atoms with Crippen LogP contribution in [0.4, 0.5) is 10.8 Å². The molecule has 0 spiro atoms. The first kappa shape index (κ1) is 22.0. The predicted octanol–water partition coefficient (Wildman–Crippen LogP) is 4.64. The molecule has 2 amide bonds. The zero-order chi connectivity index (χ0) is 22.3. The number of likely N-dealkylation sites (tertiary alicyclic amines) is 1. The number of rotatable bonds is 7. The highest BCUT2D eigenvalue weighted by atomic mass is 32.1. The van der Waals surface area contributed by atoms with Crippen molar-refractivity contribution in [1.29, 1.82) is 0 Å². The van der Waals surface area contributed by atoms with Crippen LogP contribution < -0.4 is 15.4 Å². The summed E-state index contributed by atoms with van der Waals surface area (Å²) < 4.78 is 5.13. The fourth-order valence-corrected chi connectivity index (χ4v) is 4.37. The molecule has 2 N–H and O–H groups in total. The van der Waals surface area contributed by atoms with E-state index in [9.17, 15) is 9.59 Å². The number of piperidine rings is 1. The molecule has 0 saturated carbocycles. The van der Waals surface area contributed by atoms with Gasteiger partial charge in [-0.15, -0.1) is 11.3 Å². The van der Waals surface area contributed by atoms with Crippen molar-refractivity contribution in [2.24, 2.45) is 0 Å². The van der Waals surface area contributed by atoms with E-state index in [-0.39, 0.29) is 11.8 Å². The Morgan fingerprint density at radius 3 is 2.50 bits per heavy atom. The van der Waals surface area contributed by atoms with Crippen LogP contribution in [0.5, 0.6) is 5.75 Å². The Hall–Kier alpha value is -3.23. The van der Waals surface area contributed by atoms with Crippen LogP contribution in [-0.2, 0) is 6.54 Å². The summed E-state index contributed by atoms with van der Waals surface area (Å²) in [6, 6.07) is 13.7. The standard InChI is InChI=1S/C24H26N4O3S/c1-31-19-11-9-17(10-12-19)22(29)26-21-8-4-3-7-20(21)23(30)27-24-25-18(16-32-24)15-28-13-5-2-6-14-28/h3-4,7-12,16H,2,5-6,13-15H2,1H3,(H,26,29)(H,25,27,30). The first-order valence-electron chi connectivity index (χ1n) is 10.6. The van der Waals surface area contributed by atoms with Gasteiger partial charge in [-0.05, 0) is 62.3 Å². The summed E-state index contributed by atoms with van der Waals surface area (Å²) in [6.45, 7) is 3.00. The number of hydrogen-bond donors (Lipinski definition) is 2. The second kappa shape index (κ2) is 10.4. The number of aromatic nitrogens is 1. The number of nitrogens with one attached hydrogen (secondary N) is 2. The van der Waals surface area contributed by atoms with Crippen LogP contribution in [0.1, 0.15) is 45.7 Å². The molecule has 1 fully saturated rings. The van der Waals surface area contributed by atoms with Gasteiger partial charge in [-0.3, -0.25) is 19.8 Å². The van der Waals surface area contributed by atoms with Crippen molar-refractivity contribution < 1.29 is 14.3 Å². The first-order chi connectivity index (χ1) is 15.6. The van der Waals surface area contributed by atoms with E-state index in [0.717, 1.165) is 25.3 Å². The molecule has 1 aliphatic rings. The van der Waals surface area contributed by atoms with E-state index in [1.807, 2.05) is 5.38 Å². The van der Waals surface area contributed by atoms with Gasteiger partial charge in [0, 0.05) is 17.5 Å². The van der Waals surface area contributed by atoms with Crippen LogP contribution in [0, 0.1) is 0 Å². The van der Waals surface area contributed by atoms with Gasteiger partial charge >= 0.3 is 0 Å². The zero-order valence-corrected chi connectivity index (χ0v) is 18.8. The number of hydrogen-bond acceptors (Lipinski definition) is 6. The summed E-state index contributed by atoms with van der Waals surface area (Å²) in [6.07, 6.45) is 3.75. The van der Waals surface area contributed by atoms with Crippen LogP contribution in [0.25, 0.3) is 0 Å². The van der Waals surface area contributed by atoms with E-state index >= 15 is 0 Å². The number of carbonyl (C=O) groups excluding carboxylic acids is 2. The van der Waals surface area contributed by atoms with Gasteiger partial charge in [-0.1, -0.05) is 18.6 Å². The molecule has 0 radical (unpaired) electrons. The molecule has 32 heavy (non-hydrogen) atoms. The Morgan fingerprint density at radius 1 is 1.00 bits per heavy atom. The van der Waals surface area contributed by atoms with Crippen LogP contribution in [-0.4, -0.2) is 41.9 Å². The molecule has 1 aliphatic heterocycles. The first-order valence-corrected chi connectivity index (χ1v) is 11.5. The Bertz CT molecular complexity index is 1070. The number of thiazole rings is 1. The van der Waals surface area contributed by atoms with Gasteiger partial charge in [-0.25, -0.2) is 4.98 Å². The molecule has 4 rings (SSSR count). The van der Waals surface area contributed by atoms with Crippen LogP contribution in [0.3, 0.4) is 0 Å². The fraction of sp³-hybridized carbons (Fsp3) is 0.292. The van der Waals surface area contributed by atoms with E-state index in [0.29, 0.717) is 27.7 Å². The number of anilines is 2. The van der Waals surface area contributed by atoms with Crippen molar-refractivity contribution in [2.75, 3.05) is 30.8 Å². The third-order valence-electron chi connectivity index (χ3n) is 5.38. The highest BCUT2D eigenvalue weighted by Crippen LogP contribution is 2.22. The minimum atomic E-state index is -0.311. The maximum atomic E-state index is 12.9. The second-order valence-corrected chi connectivity index (χ2v) is 8.52. The molecule has 2 aromatic carbocycles. The van der Waals surface area contributed by atoms with Gasteiger partial charge < -0.3 is 10.1 Å². The van der Waals surface area contributed by atoms with Crippen LogP contribution >= 0.6 is 11.3 Å². The molecule has 0 unspecified atom stereocenters. The third kappa shape index (κ3) is 5.52. The molecular formula is C24H26N4O3S. The average molecular weight is 451 g/mol. The van der Waals surface area contributed by atoms with Gasteiger partial charge in [0.1, 0.15) is 5.75 Å². The lowest BCUT2D eigenvalue weighted by Gasteiger charge is -2.25. The van der Waals surface area contributed by atoms with Gasteiger partial charge in [0.05, 0.1) is 24.1 Å². The molecule has 1 aromatic heterocycles. The number of methoxy groups -OCH3 is 1. The monoisotopic (exact) mass is 450 g/mol. The molecule has 0 atom stereocenters. The van der Waals surface area contributed by atoms with E-state index in [1.54, 1.807) is 55.6 Å². The molecule has 1 saturated heterocycles. The molecule has 3 aromatic rings. The molecule has 8 heteroatoms. The summed E-state index contributed by atoms with van der Waals surface area (Å²) in [5.41, 5.74) is 2.26. The van der Waals surface area contributed by atoms with Gasteiger partial charge in [-0.2, -0.15) is 0 Å². The number of benzene rings is 2. The van der Waals surface area contributed by atoms with Crippen molar-refractivity contribution in [2.45, 2.75) is 25.8 Å². The lowest BCUT2D eigenvalue weighted by atomic mass is 10.1. The molecule has 166 valence electrons. The lowest BCUT2D eigenvalue weighted by Crippen LogP contribution is -2.29. The summed E-state index contributed by atoms with van der Waals surface area (Å²) >= 11 is 1.41. The van der Waals surface area contributed by atoms with Crippen LogP contribution in [0.2, 0.25) is 0 Å². The molecular weight excluding hydrogens is 424 g/mol. The fourth-order valence-electron chi connectivity index (χ4n) is 3.68. The number of ether oxygens (including phenoxy) is 1. The maximum absolute atomic E-state index is 12.9. The van der Waals surface area contributed by atoms with Gasteiger partial charge in [0.15, 0.2) is 5.13 Å². The lowest BCUT2D eigenvalue weighted by molar-refractivity contribution is 0.102. The van der Waals surface area contributed by atoms with Crippen LogP contribution in [0.15, 0.2) is 53.9 Å². The topological polar surface area (TPSA) is 83.6 Å². The van der Waals surface area contributed by atoms with Crippen molar-refractivity contribution in [3.8, 4) is 5.75 Å². The van der Waals surface area contributed by atoms with Crippen molar-refractivity contribution in [3.63, 3.8) is 0 Å². The highest BCUT2D eigenvalue weighted by Gasteiger charge is 2.17. The third-order valence-corrected chi connectivity index (χ3v) is 6.19. The molecule has 7 nitrogen and oxygen atoms in total. The number of para-hydroxylation sites is 1. The quantitative estimate of drug-likeness (QED) is 0.548. The molecule has 0 bridgehead atoms. The van der Waals surface area contributed by atoms with E-state index < -0.39 is 0 Å². The SMILES string of the molecule is COc1ccc(C(=O)Nc2ccccc2C(=O)Nc2nc(CN3CCCCC3)cs2)cc1. The predicted molar refractivity (Wildman–Crippen MR) is 127 cm³/mol. The molecule has 2 heterocycles. The largest absolute Gasteiger partial charge is 0.497 e.